The molecular weight excluding hydrogens is 990 g/mol. The Kier molecular flexibility index (Phi) is 15.1. The van der Waals surface area contributed by atoms with E-state index in [0.29, 0.717) is 28.3 Å². The van der Waals surface area contributed by atoms with Gasteiger partial charge in [-0.1, -0.05) is 41.6 Å². The molecule has 17 nitrogen and oxygen atoms in total. The first-order valence-corrected chi connectivity index (χ1v) is 25.8. The molecule has 0 radical (unpaired) electrons. The summed E-state index contributed by atoms with van der Waals surface area (Å²) in [6.07, 6.45) is 0.799. The topological polar surface area (TPSA) is 222 Å². The number of aliphatic hydroxyl groups excluding tert-OH is 1. The molecule has 22 heteroatoms. The Balaban J connectivity index is 0.788. The van der Waals surface area contributed by atoms with Crippen molar-refractivity contribution in [2.45, 2.75) is 70.3 Å². The van der Waals surface area contributed by atoms with E-state index in [1.54, 1.807) is 66.4 Å². The summed E-state index contributed by atoms with van der Waals surface area (Å²) in [5.41, 5.74) is 4.98. The third kappa shape index (κ3) is 11.2. The molecule has 1 unspecified atom stereocenters. The highest BCUT2D eigenvalue weighted by atomic mass is 32.2. The summed E-state index contributed by atoms with van der Waals surface area (Å²) in [4.78, 5) is 55.8. The van der Waals surface area contributed by atoms with E-state index in [1.807, 2.05) is 42.8 Å². The van der Waals surface area contributed by atoms with Gasteiger partial charge in [-0.05, 0) is 80.6 Å². The number of hydrogen-bond donors (Lipinski definition) is 4. The number of carbonyl (C=O) groups excluding carboxylic acids is 3. The number of nitrogens with one attached hydrogen (secondary N) is 3. The number of fused-ring (bicyclic) bond motifs is 1. The number of anilines is 1. The van der Waals surface area contributed by atoms with Gasteiger partial charge in [0.05, 0.1) is 51.8 Å². The number of thiazole rings is 1. The molecule has 0 spiro atoms. The lowest BCUT2D eigenvalue weighted by molar-refractivity contribution is -0.140. The number of likely N-dealkylation sites (tertiary alicyclic amines) is 1. The molecular formula is C51H51F3N8O9S2. The molecule has 73 heavy (non-hydrogen) atoms. The molecule has 2 fully saturated rings. The van der Waals surface area contributed by atoms with E-state index in [2.05, 4.69) is 25.4 Å². The Morgan fingerprint density at radius 2 is 1.74 bits per heavy atom. The van der Waals surface area contributed by atoms with Gasteiger partial charge in [-0.15, -0.1) is 11.3 Å². The number of aromatic nitrogens is 4. The average molecular weight is 1040 g/mol. The normalized spacial score (nSPS) is 18.0. The number of pyridine rings is 1. The van der Waals surface area contributed by atoms with Crippen molar-refractivity contribution in [3.05, 3.63) is 136 Å². The van der Waals surface area contributed by atoms with Gasteiger partial charge in [0.25, 0.3) is 0 Å². The van der Waals surface area contributed by atoms with Crippen molar-refractivity contribution in [1.82, 2.24) is 34.6 Å². The molecule has 2 amide bonds. The first-order chi connectivity index (χ1) is 35.0. The number of alkyl halides is 1. The number of H-pyrrole nitrogens is 1. The molecule has 2 aliphatic rings. The van der Waals surface area contributed by atoms with Crippen molar-refractivity contribution in [3.8, 4) is 27.3 Å². The van der Waals surface area contributed by atoms with E-state index >= 15 is 8.78 Å². The van der Waals surface area contributed by atoms with Crippen LogP contribution in [0.3, 0.4) is 0 Å². The largest absolute Gasteiger partial charge is 0.491 e. The molecule has 5 atom stereocenters. The number of benzene rings is 3. The first kappa shape index (κ1) is 50.9. The minimum atomic E-state index is -4.39. The molecule has 382 valence electrons. The van der Waals surface area contributed by atoms with E-state index in [9.17, 15) is 32.3 Å². The molecule has 4 N–H and O–H groups in total. The Labute approximate surface area is 421 Å². The third-order valence-corrected chi connectivity index (χ3v) is 15.4. The molecule has 7 aromatic rings. The maximum absolute atomic E-state index is 15.8. The van der Waals surface area contributed by atoms with Crippen molar-refractivity contribution in [3.63, 3.8) is 0 Å². The number of nitrogens with zero attached hydrogens (tertiary/aromatic N) is 5. The van der Waals surface area contributed by atoms with Crippen LogP contribution < -0.4 is 14.8 Å². The van der Waals surface area contributed by atoms with Crippen LogP contribution in [-0.4, -0.2) is 118 Å². The number of rotatable bonds is 19. The predicted octanol–water partition coefficient (Wildman–Crippen LogP) is 7.58. The molecule has 0 bridgehead atoms. The summed E-state index contributed by atoms with van der Waals surface area (Å²) in [6.45, 7) is 5.44. The summed E-state index contributed by atoms with van der Waals surface area (Å²) in [7, 11) is -4.39. The second-order valence-corrected chi connectivity index (χ2v) is 20.5. The van der Waals surface area contributed by atoms with Gasteiger partial charge in [-0.2, -0.15) is 12.7 Å². The zero-order valence-corrected chi connectivity index (χ0v) is 41.4. The van der Waals surface area contributed by atoms with Crippen LogP contribution in [0.1, 0.15) is 76.8 Å². The SMILES string of the molecule is Cc1cc(C(CCOCCOc2ccc(-c3cnc4[nH]cc(C(=O)c5c(F)ccc(NS(=O)(=O)N6CC[C@@H](F)C6)c5F)c4c3)cc2)C(=O)N2C[C@H](O)C[C@H]2C(=O)N[C@@H](C)c2ccc(-c3scnc3C)cc2)on1. The fourth-order valence-corrected chi connectivity index (χ4v) is 11.1. The van der Waals surface area contributed by atoms with Crippen LogP contribution in [-0.2, 0) is 24.5 Å². The van der Waals surface area contributed by atoms with E-state index < -0.39 is 75.6 Å². The second-order valence-electron chi connectivity index (χ2n) is 18.0. The van der Waals surface area contributed by atoms with Gasteiger partial charge in [-0.3, -0.25) is 19.1 Å². The summed E-state index contributed by atoms with van der Waals surface area (Å²) < 4.78 is 90.5. The minimum Gasteiger partial charge on any atom is -0.491 e. The lowest BCUT2D eigenvalue weighted by Gasteiger charge is -2.28. The Hall–Kier alpha value is -6.98. The molecule has 2 aliphatic heterocycles. The number of aromatic amines is 1. The average Bonchev–Trinajstić information content (AvgIpc) is 4.25. The number of aryl methyl sites for hydroxylation is 2. The van der Waals surface area contributed by atoms with Gasteiger partial charge in [0.2, 0.25) is 17.6 Å². The van der Waals surface area contributed by atoms with Crippen LogP contribution in [0.15, 0.2) is 95.2 Å². The van der Waals surface area contributed by atoms with Crippen LogP contribution >= 0.6 is 11.3 Å². The number of amides is 2. The molecule has 2 saturated heterocycles. The van der Waals surface area contributed by atoms with Gasteiger partial charge < -0.3 is 34.3 Å². The summed E-state index contributed by atoms with van der Waals surface area (Å²) in [5, 5.41) is 18.0. The minimum absolute atomic E-state index is 0.0191. The molecule has 9 rings (SSSR count). The maximum atomic E-state index is 15.8. The van der Waals surface area contributed by atoms with Crippen molar-refractivity contribution >= 4 is 55.9 Å². The van der Waals surface area contributed by atoms with Crippen molar-refractivity contribution in [2.24, 2.45) is 0 Å². The Bertz CT molecular complexity index is 3260. The number of hydrogen-bond acceptors (Lipinski definition) is 13. The summed E-state index contributed by atoms with van der Waals surface area (Å²) in [6, 6.07) is 18.5. The number of halogens is 3. The van der Waals surface area contributed by atoms with Crippen molar-refractivity contribution in [1.29, 1.82) is 0 Å². The third-order valence-electron chi connectivity index (χ3n) is 12.9. The highest BCUT2D eigenvalue weighted by Crippen LogP contribution is 2.33. The van der Waals surface area contributed by atoms with E-state index in [-0.39, 0.29) is 80.7 Å². The van der Waals surface area contributed by atoms with Crippen molar-refractivity contribution < 1.29 is 55.1 Å². The first-order valence-electron chi connectivity index (χ1n) is 23.5. The summed E-state index contributed by atoms with van der Waals surface area (Å²) >= 11 is 1.56. The lowest BCUT2D eigenvalue weighted by atomic mass is 9.99. The fourth-order valence-electron chi connectivity index (χ4n) is 9.03. The molecule has 0 aliphatic carbocycles. The standard InChI is InChI=1S/C51H51F3N8O9S2/c1-28-20-44(71-59-28)38(51(66)62-26-36(63)22-43(62)50(65)58-29(2)31-4-6-33(7-5-31)48-30(3)57-27-72-48)15-17-69-18-19-70-37-10-8-32(9-11-37)34-21-39-40(24-56-49(39)55-23-34)47(64)45-41(53)12-13-42(46(45)54)60-73(67,68)61-16-14-35(52)25-61/h4-13,20-21,23-24,27,29,35-36,38,43,60,63H,14-19,22,25-26H2,1-3H3,(H,55,56)(H,58,65)/t29-,35+,36+,38?,43-/m0/s1. The van der Waals surface area contributed by atoms with E-state index in [1.165, 1.54) is 11.1 Å². The number of ether oxygens (including phenoxy) is 2. The van der Waals surface area contributed by atoms with Crippen LogP contribution in [0.5, 0.6) is 5.75 Å². The predicted molar refractivity (Wildman–Crippen MR) is 265 cm³/mol. The van der Waals surface area contributed by atoms with Gasteiger partial charge >= 0.3 is 10.2 Å². The Morgan fingerprint density at radius 3 is 2.44 bits per heavy atom. The lowest BCUT2D eigenvalue weighted by Crippen LogP contribution is -2.48. The molecule has 3 aromatic carbocycles. The highest BCUT2D eigenvalue weighted by molar-refractivity contribution is 7.90. The second kappa shape index (κ2) is 21.6. The molecule has 6 heterocycles. The zero-order valence-electron chi connectivity index (χ0n) is 39.8. The van der Waals surface area contributed by atoms with Crippen LogP contribution in [0.25, 0.3) is 32.6 Å². The number of β-amino-alcohol motifs (C(OH)–C–C–N with tert-alkyl or cyclic N) is 1. The molecule has 0 saturated carbocycles. The number of aliphatic hydroxyl groups is 1. The number of carbonyl (C=O) groups is 3. The zero-order chi connectivity index (χ0) is 51.6. The maximum Gasteiger partial charge on any atom is 0.301 e. The number of ketones is 1. The van der Waals surface area contributed by atoms with Crippen LogP contribution in [0.2, 0.25) is 0 Å². The van der Waals surface area contributed by atoms with Crippen molar-refractivity contribution in [2.75, 3.05) is 44.2 Å². The van der Waals surface area contributed by atoms with E-state index in [4.69, 9.17) is 14.0 Å². The van der Waals surface area contributed by atoms with Crippen LogP contribution in [0, 0.1) is 25.5 Å². The fraction of sp³-hybridized carbons (Fsp3) is 0.333. The Morgan fingerprint density at radius 1 is 0.973 bits per heavy atom. The van der Waals surface area contributed by atoms with Gasteiger partial charge in [-0.25, -0.2) is 23.1 Å². The monoisotopic (exact) mass is 1040 g/mol. The van der Waals surface area contributed by atoms with Gasteiger partial charge in [0, 0.05) is 67.6 Å². The molecule has 4 aromatic heterocycles. The van der Waals surface area contributed by atoms with E-state index in [0.717, 1.165) is 38.1 Å². The quantitative estimate of drug-likeness (QED) is 0.0455. The van der Waals surface area contributed by atoms with Gasteiger partial charge in [0.15, 0.2) is 5.82 Å². The van der Waals surface area contributed by atoms with Crippen LogP contribution in [0.4, 0.5) is 18.9 Å². The smallest absolute Gasteiger partial charge is 0.301 e. The summed E-state index contributed by atoms with van der Waals surface area (Å²) in [5.74, 6) is -4.49. The van der Waals surface area contributed by atoms with Gasteiger partial charge in [0.1, 0.15) is 47.7 Å². The highest BCUT2D eigenvalue weighted by Gasteiger charge is 2.43.